The summed E-state index contributed by atoms with van der Waals surface area (Å²) in [4.78, 5) is 10.1. The summed E-state index contributed by atoms with van der Waals surface area (Å²) in [6, 6.07) is 0. The zero-order chi connectivity index (χ0) is 25.2. The topological polar surface area (TPSA) is 43.1 Å². The summed E-state index contributed by atoms with van der Waals surface area (Å²) in [5.74, 6) is -68.3. The number of carbonyl (C=O) groups excluding carboxylic acids is 1. The molecule has 0 saturated heterocycles. The number of halogens is 17. The van der Waals surface area contributed by atoms with Gasteiger partial charge in [0.15, 0.2) is 6.17 Å². The first kappa shape index (κ1) is 28.3. The fourth-order valence-corrected chi connectivity index (χ4v) is 1.60. The molecule has 1 atom stereocenters. The van der Waals surface area contributed by atoms with E-state index in [-0.39, 0.29) is 0 Å². The second kappa shape index (κ2) is 6.89. The van der Waals surface area contributed by atoms with Gasteiger partial charge in [-0.25, -0.2) is 4.39 Å². The average molecular weight is 491 g/mol. The van der Waals surface area contributed by atoms with E-state index in [2.05, 4.69) is 5.73 Å². The number of nitrogens with two attached hydrogens (primary N) is 1. The maximum absolute atomic E-state index is 13.3. The molecule has 19 heteroatoms. The first-order valence-corrected chi connectivity index (χ1v) is 6.60. The summed E-state index contributed by atoms with van der Waals surface area (Å²) in [6.07, 6.45) is -4.52. The number of carbonyl (C=O) groups is 1. The summed E-state index contributed by atoms with van der Waals surface area (Å²) in [5.41, 5.74) is 3.51. The van der Waals surface area contributed by atoms with Crippen LogP contribution in [0.15, 0.2) is 0 Å². The minimum atomic E-state index is -8.68. The van der Waals surface area contributed by atoms with Crippen molar-refractivity contribution in [2.24, 2.45) is 5.73 Å². The first-order chi connectivity index (χ1) is 12.6. The summed E-state index contributed by atoms with van der Waals surface area (Å²) in [6.45, 7) is -0.684. The predicted molar refractivity (Wildman–Crippen MR) is 59.3 cm³/mol. The van der Waals surface area contributed by atoms with Crippen molar-refractivity contribution in [3.05, 3.63) is 0 Å². The summed E-state index contributed by atoms with van der Waals surface area (Å²) in [5, 5.41) is 0. The van der Waals surface area contributed by atoms with Gasteiger partial charge in [-0.1, -0.05) is 0 Å². The van der Waals surface area contributed by atoms with Gasteiger partial charge in [0.05, 0.1) is 0 Å². The Hall–Kier alpha value is -1.72. The number of amides is 1. The molecule has 2 nitrogen and oxygen atoms in total. The Balaban J connectivity index is 6.86. The van der Waals surface area contributed by atoms with Crippen LogP contribution in [-0.4, -0.2) is 59.5 Å². The summed E-state index contributed by atoms with van der Waals surface area (Å²) in [7, 11) is 0. The Labute approximate surface area is 153 Å². The molecule has 0 bridgehead atoms. The maximum Gasteiger partial charge on any atom is 0.392 e. The van der Waals surface area contributed by atoms with Crippen LogP contribution < -0.4 is 5.73 Å². The molecule has 30 heavy (non-hydrogen) atoms. The van der Waals surface area contributed by atoms with E-state index in [9.17, 15) is 79.4 Å². The fraction of sp³-hybridized carbons (Fsp3) is 0.909. The van der Waals surface area contributed by atoms with Gasteiger partial charge < -0.3 is 5.73 Å². The third-order valence-electron chi connectivity index (χ3n) is 3.59. The molecule has 0 aliphatic carbocycles. The molecule has 1 unspecified atom stereocenters. The third kappa shape index (κ3) is 3.13. The monoisotopic (exact) mass is 491 g/mol. The van der Waals surface area contributed by atoms with E-state index in [1.165, 1.54) is 0 Å². The molecular formula is C11H6F17NO. The molecule has 2 N–H and O–H groups in total. The molecular weight excluding hydrogens is 485 g/mol. The number of hydrogen-bond acceptors (Lipinski definition) is 1. The van der Waals surface area contributed by atoms with Crippen LogP contribution in [-0.2, 0) is 4.79 Å². The Bertz CT molecular complexity index is 667. The highest BCUT2D eigenvalue weighted by Crippen LogP contribution is 2.64. The van der Waals surface area contributed by atoms with E-state index in [1.54, 1.807) is 0 Å². The lowest BCUT2D eigenvalue weighted by Crippen LogP contribution is -2.76. The molecule has 0 spiro atoms. The lowest BCUT2D eigenvalue weighted by atomic mass is 9.87. The Morgan fingerprint density at radius 3 is 1.03 bits per heavy atom. The Kier molecular flexibility index (Phi) is 6.50. The molecule has 0 aromatic rings. The quantitative estimate of drug-likeness (QED) is 0.458. The molecule has 0 aromatic heterocycles. The van der Waals surface area contributed by atoms with Crippen molar-refractivity contribution in [3.63, 3.8) is 0 Å². The first-order valence-electron chi connectivity index (χ1n) is 6.60. The zero-order valence-corrected chi connectivity index (χ0v) is 13.5. The van der Waals surface area contributed by atoms with Crippen molar-refractivity contribution < 1.29 is 79.4 Å². The summed E-state index contributed by atoms with van der Waals surface area (Å²) < 4.78 is 222. The number of hydrogen-bond donors (Lipinski definition) is 1. The molecule has 0 aliphatic rings. The Morgan fingerprint density at radius 2 is 0.800 bits per heavy atom. The van der Waals surface area contributed by atoms with Crippen molar-refractivity contribution in [3.8, 4) is 0 Å². The second-order valence-electron chi connectivity index (χ2n) is 5.62. The van der Waals surface area contributed by atoms with Crippen LogP contribution in [0.5, 0.6) is 0 Å². The molecule has 0 radical (unpaired) electrons. The van der Waals surface area contributed by atoms with Crippen molar-refractivity contribution in [1.29, 1.82) is 0 Å². The van der Waals surface area contributed by atoms with Crippen molar-refractivity contribution in [2.45, 2.75) is 60.5 Å². The van der Waals surface area contributed by atoms with Gasteiger partial charge in [-0.15, -0.1) is 0 Å². The van der Waals surface area contributed by atoms with Gasteiger partial charge in [-0.05, 0) is 6.92 Å². The minimum absolute atomic E-state index is 0.684. The molecule has 0 fully saturated rings. The lowest BCUT2D eigenvalue weighted by Gasteiger charge is -2.43. The van der Waals surface area contributed by atoms with Gasteiger partial charge in [0.1, 0.15) is 0 Å². The van der Waals surface area contributed by atoms with Gasteiger partial charge in [0.25, 0.3) is 5.91 Å². The van der Waals surface area contributed by atoms with Crippen molar-refractivity contribution >= 4 is 5.91 Å². The van der Waals surface area contributed by atoms with Crippen LogP contribution in [0, 0.1) is 0 Å². The SMILES string of the molecule is CC(F)C(F)(F)C(F)(F)C(F)(F)C(F)(F)C(F)(F)C(F)(F)C(F)(F)C(F)(F)C(N)=O. The molecule has 180 valence electrons. The van der Waals surface area contributed by atoms with E-state index in [0.29, 0.717) is 0 Å². The molecule has 0 heterocycles. The highest BCUT2D eigenvalue weighted by Gasteiger charge is 2.95. The van der Waals surface area contributed by atoms with Gasteiger partial charge in [-0.3, -0.25) is 4.79 Å². The summed E-state index contributed by atoms with van der Waals surface area (Å²) >= 11 is 0. The smallest absolute Gasteiger partial charge is 0.364 e. The number of rotatable bonds is 9. The fourth-order valence-electron chi connectivity index (χ4n) is 1.60. The molecule has 0 saturated carbocycles. The van der Waals surface area contributed by atoms with Gasteiger partial charge in [0.2, 0.25) is 0 Å². The lowest BCUT2D eigenvalue weighted by molar-refractivity contribution is -0.452. The zero-order valence-electron chi connectivity index (χ0n) is 13.5. The van der Waals surface area contributed by atoms with Crippen LogP contribution in [0.25, 0.3) is 0 Å². The molecule has 0 aromatic carbocycles. The van der Waals surface area contributed by atoms with E-state index in [4.69, 9.17) is 0 Å². The average Bonchev–Trinajstić information content (AvgIpc) is 2.52. The highest BCUT2D eigenvalue weighted by molar-refractivity contribution is 5.83. The van der Waals surface area contributed by atoms with E-state index < -0.39 is 66.4 Å². The van der Waals surface area contributed by atoms with Gasteiger partial charge in [-0.2, -0.15) is 70.2 Å². The number of alkyl halides is 17. The standard InChI is InChI=1S/C11H6F17NO/c1-2(12)4(13,14)6(17,18)8(21,22)10(25,26)11(27,28)9(23,24)7(19,20)5(15,16)3(29)30/h2H,1H3,(H2,29,30). The van der Waals surface area contributed by atoms with Crippen molar-refractivity contribution in [1.82, 2.24) is 0 Å². The van der Waals surface area contributed by atoms with Gasteiger partial charge in [0, 0.05) is 0 Å². The third-order valence-corrected chi connectivity index (χ3v) is 3.59. The van der Waals surface area contributed by atoms with E-state index in [0.717, 1.165) is 0 Å². The minimum Gasteiger partial charge on any atom is -0.364 e. The Morgan fingerprint density at radius 1 is 0.567 bits per heavy atom. The maximum atomic E-state index is 13.3. The van der Waals surface area contributed by atoms with E-state index >= 15 is 0 Å². The van der Waals surface area contributed by atoms with Crippen LogP contribution in [0.3, 0.4) is 0 Å². The normalized spacial score (nSPS) is 17.1. The molecule has 0 aliphatic heterocycles. The second-order valence-corrected chi connectivity index (χ2v) is 5.62. The predicted octanol–water partition coefficient (Wildman–Crippen LogP) is 4.91. The van der Waals surface area contributed by atoms with Gasteiger partial charge >= 0.3 is 47.4 Å². The largest absolute Gasteiger partial charge is 0.392 e. The highest BCUT2D eigenvalue weighted by atomic mass is 19.4. The van der Waals surface area contributed by atoms with Crippen LogP contribution >= 0.6 is 0 Å². The van der Waals surface area contributed by atoms with Crippen LogP contribution in [0.1, 0.15) is 6.92 Å². The van der Waals surface area contributed by atoms with Crippen LogP contribution in [0.2, 0.25) is 0 Å². The van der Waals surface area contributed by atoms with Crippen molar-refractivity contribution in [2.75, 3.05) is 0 Å². The molecule has 0 rings (SSSR count). The molecule has 1 amide bonds. The van der Waals surface area contributed by atoms with E-state index in [1.807, 2.05) is 0 Å². The van der Waals surface area contributed by atoms with Crippen LogP contribution in [0.4, 0.5) is 74.6 Å². The number of primary amides is 1.